The minimum absolute atomic E-state index is 0.610. The fraction of sp³-hybridized carbons (Fsp3) is 0.188. The zero-order valence-corrected chi connectivity index (χ0v) is 12.1. The highest BCUT2D eigenvalue weighted by Gasteiger charge is 2.19. The molecule has 0 spiro atoms. The molecule has 0 aliphatic carbocycles. The predicted molar refractivity (Wildman–Crippen MR) is 82.1 cm³/mol. The van der Waals surface area contributed by atoms with Crippen LogP contribution in [0.3, 0.4) is 0 Å². The highest BCUT2D eigenvalue weighted by Crippen LogP contribution is 2.38. The van der Waals surface area contributed by atoms with E-state index >= 15 is 0 Å². The van der Waals surface area contributed by atoms with Crippen molar-refractivity contribution in [1.82, 2.24) is 9.78 Å². The second kappa shape index (κ2) is 3.91. The number of hydrogen-bond donors (Lipinski definition) is 1. The number of benzene rings is 1. The molecule has 3 heterocycles. The minimum atomic E-state index is 0.610. The van der Waals surface area contributed by atoms with E-state index in [0.717, 1.165) is 44.7 Å². The highest BCUT2D eigenvalue weighted by atomic mass is 16.3. The Bertz CT molecular complexity index is 914. The van der Waals surface area contributed by atoms with Gasteiger partial charge in [-0.1, -0.05) is 0 Å². The Hall–Kier alpha value is -2.69. The summed E-state index contributed by atoms with van der Waals surface area (Å²) in [5.41, 5.74) is 9.30. The van der Waals surface area contributed by atoms with E-state index < -0.39 is 0 Å². The number of fused-ring (bicyclic) bond motifs is 2. The minimum Gasteiger partial charge on any atom is -0.461 e. The Morgan fingerprint density at radius 1 is 1.05 bits per heavy atom. The van der Waals surface area contributed by atoms with Gasteiger partial charge < -0.3 is 14.6 Å². The van der Waals surface area contributed by atoms with Gasteiger partial charge in [0, 0.05) is 23.9 Å². The van der Waals surface area contributed by atoms with Crippen molar-refractivity contribution in [2.24, 2.45) is 7.05 Å². The van der Waals surface area contributed by atoms with E-state index in [0.29, 0.717) is 5.82 Å². The van der Waals surface area contributed by atoms with E-state index in [9.17, 15) is 0 Å². The zero-order valence-electron chi connectivity index (χ0n) is 12.1. The van der Waals surface area contributed by atoms with Crippen molar-refractivity contribution in [2.45, 2.75) is 13.8 Å². The average Bonchev–Trinajstić information content (AvgIpc) is 3.03. The third kappa shape index (κ3) is 1.67. The Balaban J connectivity index is 2.19. The first-order valence-corrected chi connectivity index (χ1v) is 6.76. The lowest BCUT2D eigenvalue weighted by Gasteiger charge is -2.00. The van der Waals surface area contributed by atoms with Crippen LogP contribution in [0.2, 0.25) is 0 Å². The molecule has 0 atom stereocenters. The van der Waals surface area contributed by atoms with Crippen molar-refractivity contribution < 1.29 is 8.83 Å². The summed E-state index contributed by atoms with van der Waals surface area (Å²) in [6.07, 6.45) is 0. The Labute approximate surface area is 120 Å². The summed E-state index contributed by atoms with van der Waals surface area (Å²) in [6.45, 7) is 3.87. The summed E-state index contributed by atoms with van der Waals surface area (Å²) in [6, 6.07) is 7.87. The van der Waals surface area contributed by atoms with Crippen LogP contribution >= 0.6 is 0 Å². The molecule has 0 saturated heterocycles. The van der Waals surface area contributed by atoms with Crippen LogP contribution in [0.1, 0.15) is 11.5 Å². The second-order valence-corrected chi connectivity index (χ2v) is 5.37. The average molecular weight is 281 g/mol. The molecular weight excluding hydrogens is 266 g/mol. The van der Waals surface area contributed by atoms with Gasteiger partial charge >= 0.3 is 0 Å². The van der Waals surface area contributed by atoms with Crippen LogP contribution in [0, 0.1) is 13.8 Å². The van der Waals surface area contributed by atoms with Crippen LogP contribution < -0.4 is 5.73 Å². The number of anilines is 1. The van der Waals surface area contributed by atoms with Gasteiger partial charge in [0.25, 0.3) is 0 Å². The van der Waals surface area contributed by atoms with Gasteiger partial charge in [0.05, 0.1) is 11.3 Å². The highest BCUT2D eigenvalue weighted by molar-refractivity contribution is 6.08. The molecule has 0 fully saturated rings. The first-order chi connectivity index (χ1) is 10.0. The molecule has 0 aliphatic heterocycles. The molecule has 0 unspecified atom stereocenters. The van der Waals surface area contributed by atoms with Crippen molar-refractivity contribution in [3.05, 3.63) is 35.8 Å². The quantitative estimate of drug-likeness (QED) is 0.576. The smallest absolute Gasteiger partial charge is 0.144 e. The number of aryl methyl sites for hydroxylation is 3. The third-order valence-electron chi connectivity index (χ3n) is 3.72. The number of rotatable bonds is 1. The molecule has 4 rings (SSSR count). The summed E-state index contributed by atoms with van der Waals surface area (Å²) in [5, 5.41) is 6.49. The second-order valence-electron chi connectivity index (χ2n) is 5.37. The normalized spacial score (nSPS) is 11.8. The van der Waals surface area contributed by atoms with Gasteiger partial charge in [0.15, 0.2) is 0 Å². The molecule has 0 radical (unpaired) electrons. The molecule has 0 amide bonds. The van der Waals surface area contributed by atoms with Gasteiger partial charge in [-0.05, 0) is 32.0 Å². The van der Waals surface area contributed by atoms with Gasteiger partial charge in [0.1, 0.15) is 28.5 Å². The van der Waals surface area contributed by atoms with E-state index in [1.54, 1.807) is 4.68 Å². The van der Waals surface area contributed by atoms with Crippen molar-refractivity contribution >= 4 is 27.8 Å². The van der Waals surface area contributed by atoms with Crippen LogP contribution in [-0.4, -0.2) is 9.78 Å². The Morgan fingerprint density at radius 3 is 2.52 bits per heavy atom. The molecule has 5 nitrogen and oxygen atoms in total. The van der Waals surface area contributed by atoms with Gasteiger partial charge in [-0.3, -0.25) is 4.68 Å². The maximum absolute atomic E-state index is 5.92. The number of nitrogen functional groups attached to an aromatic ring is 1. The van der Waals surface area contributed by atoms with Crippen molar-refractivity contribution in [3.63, 3.8) is 0 Å². The number of furan rings is 2. The summed E-state index contributed by atoms with van der Waals surface area (Å²) < 4.78 is 13.3. The summed E-state index contributed by atoms with van der Waals surface area (Å²) >= 11 is 0. The number of nitrogens with zero attached hydrogens (tertiary/aromatic N) is 2. The summed E-state index contributed by atoms with van der Waals surface area (Å²) in [7, 11) is 1.82. The van der Waals surface area contributed by atoms with Crippen LogP contribution in [0.15, 0.2) is 33.1 Å². The van der Waals surface area contributed by atoms with Crippen LogP contribution in [-0.2, 0) is 7.05 Å². The fourth-order valence-electron chi connectivity index (χ4n) is 2.79. The van der Waals surface area contributed by atoms with Crippen molar-refractivity contribution in [3.8, 4) is 11.3 Å². The first kappa shape index (κ1) is 12.1. The van der Waals surface area contributed by atoms with Crippen LogP contribution in [0.5, 0.6) is 0 Å². The van der Waals surface area contributed by atoms with E-state index in [1.165, 1.54) is 0 Å². The molecule has 106 valence electrons. The summed E-state index contributed by atoms with van der Waals surface area (Å²) in [4.78, 5) is 0. The molecule has 2 N–H and O–H groups in total. The SMILES string of the molecule is Cc1cc2c(-c3cc(N)n(C)n3)c3oc(C)cc3cc2o1. The van der Waals surface area contributed by atoms with Gasteiger partial charge in [-0.25, -0.2) is 0 Å². The molecule has 0 saturated carbocycles. The van der Waals surface area contributed by atoms with E-state index in [1.807, 2.05) is 45.2 Å². The van der Waals surface area contributed by atoms with Gasteiger partial charge in [-0.2, -0.15) is 5.10 Å². The predicted octanol–water partition coefficient (Wildman–Crippen LogP) is 3.78. The van der Waals surface area contributed by atoms with E-state index in [-0.39, 0.29) is 0 Å². The van der Waals surface area contributed by atoms with E-state index in [2.05, 4.69) is 5.10 Å². The van der Waals surface area contributed by atoms with Crippen molar-refractivity contribution in [1.29, 1.82) is 0 Å². The fourth-order valence-corrected chi connectivity index (χ4v) is 2.79. The first-order valence-electron chi connectivity index (χ1n) is 6.76. The third-order valence-corrected chi connectivity index (χ3v) is 3.72. The van der Waals surface area contributed by atoms with Gasteiger partial charge in [0.2, 0.25) is 0 Å². The van der Waals surface area contributed by atoms with Crippen molar-refractivity contribution in [2.75, 3.05) is 5.73 Å². The Morgan fingerprint density at radius 2 is 1.81 bits per heavy atom. The lowest BCUT2D eigenvalue weighted by molar-refractivity contribution is 0.576. The van der Waals surface area contributed by atoms with E-state index in [4.69, 9.17) is 14.6 Å². The maximum Gasteiger partial charge on any atom is 0.144 e. The zero-order chi connectivity index (χ0) is 14.7. The molecular formula is C16H15N3O2. The lowest BCUT2D eigenvalue weighted by atomic mass is 10.0. The van der Waals surface area contributed by atoms with Crippen LogP contribution in [0.25, 0.3) is 33.2 Å². The molecule has 5 heteroatoms. The topological polar surface area (TPSA) is 70.1 Å². The lowest BCUT2D eigenvalue weighted by Crippen LogP contribution is -1.96. The molecule has 3 aromatic heterocycles. The molecule has 0 bridgehead atoms. The number of aromatic nitrogens is 2. The molecule has 1 aromatic carbocycles. The van der Waals surface area contributed by atoms with Crippen LogP contribution in [0.4, 0.5) is 5.82 Å². The standard InChI is InChI=1S/C16H15N3O2/c1-8-4-10-6-13-11(5-9(2)20-13)15(16(10)21-8)12-7-14(17)19(3)18-12/h4-7H,17H2,1-3H3. The monoisotopic (exact) mass is 281 g/mol. The number of nitrogens with two attached hydrogens (primary N) is 1. The maximum atomic E-state index is 5.92. The van der Waals surface area contributed by atoms with Gasteiger partial charge in [-0.15, -0.1) is 0 Å². The molecule has 21 heavy (non-hydrogen) atoms. The largest absolute Gasteiger partial charge is 0.461 e. The summed E-state index contributed by atoms with van der Waals surface area (Å²) in [5.74, 6) is 2.33. The number of hydrogen-bond acceptors (Lipinski definition) is 4. The Kier molecular flexibility index (Phi) is 2.25. The molecule has 0 aliphatic rings. The molecule has 4 aromatic rings.